The second kappa shape index (κ2) is 7.59. The molecule has 0 atom stereocenters. The fourth-order valence-electron chi connectivity index (χ4n) is 2.65. The average molecular weight is 377 g/mol. The van der Waals surface area contributed by atoms with Gasteiger partial charge in [0.05, 0.1) is 22.9 Å². The van der Waals surface area contributed by atoms with Crippen molar-refractivity contribution in [1.29, 1.82) is 0 Å². The van der Waals surface area contributed by atoms with Crippen LogP contribution in [-0.4, -0.2) is 46.1 Å². The summed E-state index contributed by atoms with van der Waals surface area (Å²) in [7, 11) is -1.93. The zero-order valence-corrected chi connectivity index (χ0v) is 15.5. The molecule has 0 fully saturated rings. The fraction of sp³-hybridized carbons (Fsp3) is 0.278. The summed E-state index contributed by atoms with van der Waals surface area (Å²) in [6.07, 6.45) is 0. The molecule has 1 amide bonds. The molecule has 1 aliphatic heterocycles. The van der Waals surface area contributed by atoms with Gasteiger partial charge in [0, 0.05) is 29.9 Å². The van der Waals surface area contributed by atoms with Gasteiger partial charge in [-0.1, -0.05) is 12.1 Å². The van der Waals surface area contributed by atoms with Crippen LogP contribution >= 0.6 is 11.8 Å². The molecule has 5 nitrogen and oxygen atoms in total. The number of para-hydroxylation sites is 1. The normalized spacial score (nSPS) is 14.2. The molecular weight excluding hydrogens is 358 g/mol. The van der Waals surface area contributed by atoms with Gasteiger partial charge in [0.15, 0.2) is 9.84 Å². The van der Waals surface area contributed by atoms with E-state index in [1.807, 2.05) is 24.3 Å². The second-order valence-electron chi connectivity index (χ2n) is 5.61. The molecule has 0 aliphatic carbocycles. The van der Waals surface area contributed by atoms with Gasteiger partial charge in [0.2, 0.25) is 0 Å². The van der Waals surface area contributed by atoms with Crippen molar-refractivity contribution in [3.05, 3.63) is 54.1 Å². The third-order valence-corrected chi connectivity index (χ3v) is 6.73. The summed E-state index contributed by atoms with van der Waals surface area (Å²) in [5.74, 6) is 0.647. The van der Waals surface area contributed by atoms with Crippen molar-refractivity contribution < 1.29 is 17.9 Å². The number of hydrogen-bond donors (Lipinski definition) is 0. The molecule has 3 rings (SSSR count). The summed E-state index contributed by atoms with van der Waals surface area (Å²) in [6.45, 7) is 0.777. The van der Waals surface area contributed by atoms with E-state index < -0.39 is 9.84 Å². The second-order valence-corrected chi connectivity index (χ2v) is 8.85. The summed E-state index contributed by atoms with van der Waals surface area (Å²) in [6, 6.07) is 13.9. The number of methoxy groups -OCH3 is 1. The number of fused-ring (bicyclic) bond motifs is 1. The number of ether oxygens (including phenoxy) is 1. The van der Waals surface area contributed by atoms with Crippen LogP contribution in [0.4, 0.5) is 5.69 Å². The third-order valence-electron chi connectivity index (χ3n) is 3.99. The van der Waals surface area contributed by atoms with Crippen LogP contribution in [0.2, 0.25) is 0 Å². The van der Waals surface area contributed by atoms with Gasteiger partial charge in [-0.3, -0.25) is 4.79 Å². The number of sulfone groups is 1. The van der Waals surface area contributed by atoms with Crippen molar-refractivity contribution in [3.63, 3.8) is 0 Å². The number of anilines is 1. The Kier molecular flexibility index (Phi) is 5.46. The lowest BCUT2D eigenvalue weighted by atomic mass is 10.1. The van der Waals surface area contributed by atoms with E-state index >= 15 is 0 Å². The largest absolute Gasteiger partial charge is 0.384 e. The van der Waals surface area contributed by atoms with E-state index in [0.717, 1.165) is 16.3 Å². The van der Waals surface area contributed by atoms with Crippen molar-refractivity contribution in [3.8, 4) is 0 Å². The molecule has 0 N–H and O–H groups in total. The highest BCUT2D eigenvalue weighted by molar-refractivity contribution is 7.99. The van der Waals surface area contributed by atoms with E-state index in [-0.39, 0.29) is 23.2 Å². The average Bonchev–Trinajstić information content (AvgIpc) is 2.65. The Labute approximate surface area is 151 Å². The molecular formula is C18H19NO4S2. The van der Waals surface area contributed by atoms with E-state index in [9.17, 15) is 13.2 Å². The number of carbonyl (C=O) groups is 1. The van der Waals surface area contributed by atoms with Crippen molar-refractivity contribution in [2.45, 2.75) is 9.79 Å². The molecule has 0 saturated carbocycles. The zero-order chi connectivity index (χ0) is 17.9. The fourth-order valence-corrected chi connectivity index (χ4v) is 4.82. The molecule has 0 bridgehead atoms. The van der Waals surface area contributed by atoms with E-state index in [1.54, 1.807) is 28.8 Å². The SMILES string of the molecule is COCCS(=O)(=O)c1ccc(C(=O)N2CCSc3ccccc32)cc1. The maximum absolute atomic E-state index is 12.8. The number of hydrogen-bond acceptors (Lipinski definition) is 5. The Bertz CT molecular complexity index is 863. The molecule has 25 heavy (non-hydrogen) atoms. The Morgan fingerprint density at radius 3 is 2.60 bits per heavy atom. The monoisotopic (exact) mass is 377 g/mol. The van der Waals surface area contributed by atoms with Crippen LogP contribution < -0.4 is 4.90 Å². The molecule has 2 aromatic rings. The van der Waals surface area contributed by atoms with Gasteiger partial charge in [0.1, 0.15) is 0 Å². The van der Waals surface area contributed by atoms with Gasteiger partial charge in [-0.05, 0) is 36.4 Å². The summed E-state index contributed by atoms with van der Waals surface area (Å²) in [4.78, 5) is 15.9. The molecule has 0 radical (unpaired) electrons. The minimum Gasteiger partial charge on any atom is -0.384 e. The number of carbonyl (C=O) groups excluding carboxylic acids is 1. The van der Waals surface area contributed by atoms with Crippen LogP contribution in [0, 0.1) is 0 Å². The summed E-state index contributed by atoms with van der Waals surface area (Å²) in [5.41, 5.74) is 1.38. The van der Waals surface area contributed by atoms with Gasteiger partial charge in [-0.15, -0.1) is 11.8 Å². The lowest BCUT2D eigenvalue weighted by Gasteiger charge is -2.29. The first-order valence-electron chi connectivity index (χ1n) is 7.88. The maximum atomic E-state index is 12.8. The first kappa shape index (κ1) is 18.0. The van der Waals surface area contributed by atoms with Crippen molar-refractivity contribution in [2.75, 3.05) is 36.7 Å². The topological polar surface area (TPSA) is 63.7 Å². The van der Waals surface area contributed by atoms with Gasteiger partial charge in [-0.25, -0.2) is 8.42 Å². The molecule has 132 valence electrons. The molecule has 0 spiro atoms. The highest BCUT2D eigenvalue weighted by atomic mass is 32.2. The number of nitrogens with zero attached hydrogens (tertiary/aromatic N) is 1. The zero-order valence-electron chi connectivity index (χ0n) is 13.8. The van der Waals surface area contributed by atoms with Gasteiger partial charge in [0.25, 0.3) is 5.91 Å². The van der Waals surface area contributed by atoms with Crippen LogP contribution in [0.3, 0.4) is 0 Å². The lowest BCUT2D eigenvalue weighted by Crippen LogP contribution is -2.35. The summed E-state index contributed by atoms with van der Waals surface area (Å²) in [5, 5.41) is 0. The Morgan fingerprint density at radius 2 is 1.88 bits per heavy atom. The molecule has 7 heteroatoms. The number of amides is 1. The van der Waals surface area contributed by atoms with Crippen LogP contribution in [-0.2, 0) is 14.6 Å². The Hall–Kier alpha value is -1.83. The van der Waals surface area contributed by atoms with Gasteiger partial charge >= 0.3 is 0 Å². The van der Waals surface area contributed by atoms with Crippen molar-refractivity contribution in [2.24, 2.45) is 0 Å². The summed E-state index contributed by atoms with van der Waals surface area (Å²) < 4.78 is 29.2. The van der Waals surface area contributed by atoms with E-state index in [0.29, 0.717) is 12.1 Å². The predicted octanol–water partition coefficient (Wildman–Crippen LogP) is 2.86. The molecule has 2 aromatic carbocycles. The summed E-state index contributed by atoms with van der Waals surface area (Å²) >= 11 is 1.73. The molecule has 0 aromatic heterocycles. The Morgan fingerprint density at radius 1 is 1.16 bits per heavy atom. The highest BCUT2D eigenvalue weighted by Gasteiger charge is 2.24. The van der Waals surface area contributed by atoms with Crippen molar-refractivity contribution >= 4 is 33.2 Å². The van der Waals surface area contributed by atoms with Crippen LogP contribution in [0.25, 0.3) is 0 Å². The number of rotatable bonds is 5. The first-order chi connectivity index (χ1) is 12.0. The van der Waals surface area contributed by atoms with Crippen molar-refractivity contribution in [1.82, 2.24) is 0 Å². The number of benzene rings is 2. The van der Waals surface area contributed by atoms with Crippen LogP contribution in [0.1, 0.15) is 10.4 Å². The minimum absolute atomic E-state index is 0.0759. The highest BCUT2D eigenvalue weighted by Crippen LogP contribution is 2.35. The van der Waals surface area contributed by atoms with Gasteiger partial charge < -0.3 is 9.64 Å². The minimum atomic E-state index is -3.39. The van der Waals surface area contributed by atoms with E-state index in [1.165, 1.54) is 19.2 Å². The smallest absolute Gasteiger partial charge is 0.258 e. The molecule has 0 saturated heterocycles. The van der Waals surface area contributed by atoms with E-state index in [2.05, 4.69) is 0 Å². The molecule has 0 unspecified atom stereocenters. The number of thioether (sulfide) groups is 1. The first-order valence-corrected chi connectivity index (χ1v) is 10.5. The Balaban J connectivity index is 1.83. The van der Waals surface area contributed by atoms with Crippen LogP contribution in [0.5, 0.6) is 0 Å². The molecule has 1 aliphatic rings. The predicted molar refractivity (Wildman–Crippen MR) is 99.2 cm³/mol. The van der Waals surface area contributed by atoms with E-state index in [4.69, 9.17) is 4.74 Å². The van der Waals surface area contributed by atoms with Crippen LogP contribution in [0.15, 0.2) is 58.3 Å². The third kappa shape index (κ3) is 3.89. The maximum Gasteiger partial charge on any atom is 0.258 e. The quantitative estimate of drug-likeness (QED) is 0.802. The molecule has 1 heterocycles. The van der Waals surface area contributed by atoms with Gasteiger partial charge in [-0.2, -0.15) is 0 Å². The standard InChI is InChI=1S/C18H19NO4S2/c1-23-11-13-25(21,22)15-8-6-14(7-9-15)18(20)19-10-12-24-17-5-3-2-4-16(17)19/h2-9H,10-13H2,1H3. The lowest BCUT2D eigenvalue weighted by molar-refractivity contribution is 0.0987.